The van der Waals surface area contributed by atoms with Gasteiger partial charge >= 0.3 is 0 Å². The SMILES string of the molecule is CC(=O)N1CC(Oc2ccc3nccc(Oc4ccc(CC(=O)N/C(C=NC(C)(C)C)=C/N)cc4C)c3c2)C1. The summed E-state index contributed by atoms with van der Waals surface area (Å²) < 4.78 is 12.3. The molecule has 3 N–H and O–H groups in total. The summed E-state index contributed by atoms with van der Waals surface area (Å²) in [7, 11) is 0. The van der Waals surface area contributed by atoms with Crippen molar-refractivity contribution in [2.45, 2.75) is 52.7 Å². The van der Waals surface area contributed by atoms with Crippen LogP contribution < -0.4 is 20.5 Å². The number of allylic oxidation sites excluding steroid dienone is 1. The summed E-state index contributed by atoms with van der Waals surface area (Å²) >= 11 is 0. The van der Waals surface area contributed by atoms with Crippen LogP contribution in [0.3, 0.4) is 0 Å². The van der Waals surface area contributed by atoms with Crippen molar-refractivity contribution in [1.29, 1.82) is 0 Å². The molecule has 0 radical (unpaired) electrons. The number of pyridine rings is 1. The number of carbonyl (C=O) groups excluding carboxylic acids is 2. The Balaban J connectivity index is 1.43. The topological polar surface area (TPSA) is 119 Å². The fraction of sp³-hybridized carbons (Fsp3) is 0.333. The molecule has 2 heterocycles. The number of aromatic nitrogens is 1. The first-order chi connectivity index (χ1) is 18.5. The van der Waals surface area contributed by atoms with Gasteiger partial charge in [-0.15, -0.1) is 0 Å². The average Bonchev–Trinajstić information content (AvgIpc) is 2.84. The van der Waals surface area contributed by atoms with Crippen molar-refractivity contribution in [2.24, 2.45) is 10.7 Å². The van der Waals surface area contributed by atoms with Crippen molar-refractivity contribution in [3.8, 4) is 17.2 Å². The molecule has 0 saturated carbocycles. The van der Waals surface area contributed by atoms with Crippen LogP contribution in [0.1, 0.15) is 38.8 Å². The molecule has 1 fully saturated rings. The van der Waals surface area contributed by atoms with Gasteiger partial charge in [0.1, 0.15) is 23.4 Å². The highest BCUT2D eigenvalue weighted by atomic mass is 16.5. The summed E-state index contributed by atoms with van der Waals surface area (Å²) in [4.78, 5) is 34.6. The van der Waals surface area contributed by atoms with E-state index < -0.39 is 0 Å². The number of nitrogens with two attached hydrogens (primary N) is 1. The van der Waals surface area contributed by atoms with Gasteiger partial charge in [0.2, 0.25) is 11.8 Å². The van der Waals surface area contributed by atoms with E-state index >= 15 is 0 Å². The molecule has 2 aromatic carbocycles. The highest BCUT2D eigenvalue weighted by Gasteiger charge is 2.30. The second-order valence-electron chi connectivity index (χ2n) is 10.6. The number of fused-ring (bicyclic) bond motifs is 1. The molecular weight excluding hydrogens is 494 g/mol. The van der Waals surface area contributed by atoms with E-state index in [2.05, 4.69) is 15.3 Å². The van der Waals surface area contributed by atoms with E-state index in [1.54, 1.807) is 24.2 Å². The van der Waals surface area contributed by atoms with Crippen molar-refractivity contribution in [3.05, 3.63) is 71.7 Å². The molecule has 2 amide bonds. The smallest absolute Gasteiger partial charge is 0.228 e. The largest absolute Gasteiger partial charge is 0.487 e. The number of hydrogen-bond acceptors (Lipinski definition) is 7. The zero-order valence-corrected chi connectivity index (χ0v) is 23.0. The Hall–Kier alpha value is -4.40. The molecule has 0 unspecified atom stereocenters. The molecule has 0 atom stereocenters. The van der Waals surface area contributed by atoms with Crippen LogP contribution in [0.5, 0.6) is 17.2 Å². The van der Waals surface area contributed by atoms with E-state index in [0.717, 1.165) is 22.0 Å². The maximum atomic E-state index is 12.6. The van der Waals surface area contributed by atoms with Crippen LogP contribution in [-0.2, 0) is 16.0 Å². The summed E-state index contributed by atoms with van der Waals surface area (Å²) in [5.41, 5.74) is 8.35. The standard InChI is InChI=1S/C30H35N5O4/c1-19-12-21(13-29(37)34-22(15-31)16-33-30(3,4)5)6-9-27(19)39-28-10-11-32-26-8-7-23(14-25(26)28)38-24-17-35(18-24)20(2)36/h6-12,14-16,24H,13,17-18,31H2,1-5H3,(H,34,37)/b22-15+,33-16?. The maximum absolute atomic E-state index is 12.6. The van der Waals surface area contributed by atoms with Crippen molar-refractivity contribution in [2.75, 3.05) is 13.1 Å². The van der Waals surface area contributed by atoms with Crippen molar-refractivity contribution in [1.82, 2.24) is 15.2 Å². The maximum Gasteiger partial charge on any atom is 0.228 e. The number of aliphatic imine (C=N–C) groups is 1. The minimum absolute atomic E-state index is 0.0263. The number of carbonyl (C=O) groups is 2. The predicted octanol–water partition coefficient (Wildman–Crippen LogP) is 4.27. The Morgan fingerprint density at radius 1 is 1.15 bits per heavy atom. The number of amides is 2. The van der Waals surface area contributed by atoms with Gasteiger partial charge in [-0.2, -0.15) is 0 Å². The molecular formula is C30H35N5O4. The molecule has 1 saturated heterocycles. The van der Waals surface area contributed by atoms with Gasteiger partial charge in [-0.1, -0.05) is 12.1 Å². The lowest BCUT2D eigenvalue weighted by Crippen LogP contribution is -2.55. The molecule has 3 aromatic rings. The fourth-order valence-electron chi connectivity index (χ4n) is 4.05. The first-order valence-electron chi connectivity index (χ1n) is 12.9. The number of benzene rings is 2. The number of nitrogens with zero attached hydrogens (tertiary/aromatic N) is 3. The fourth-order valence-corrected chi connectivity index (χ4v) is 4.05. The minimum Gasteiger partial charge on any atom is -0.487 e. The third-order valence-electron chi connectivity index (χ3n) is 6.15. The number of rotatable bonds is 8. The van der Waals surface area contributed by atoms with Gasteiger partial charge < -0.3 is 25.4 Å². The van der Waals surface area contributed by atoms with Crippen LogP contribution in [0, 0.1) is 6.92 Å². The lowest BCUT2D eigenvalue weighted by Gasteiger charge is -2.38. The Morgan fingerprint density at radius 2 is 1.92 bits per heavy atom. The van der Waals surface area contributed by atoms with Gasteiger partial charge in [0.25, 0.3) is 0 Å². The lowest BCUT2D eigenvalue weighted by molar-refractivity contribution is -0.137. The molecule has 9 heteroatoms. The molecule has 9 nitrogen and oxygen atoms in total. The lowest BCUT2D eigenvalue weighted by atomic mass is 10.1. The Kier molecular flexibility index (Phi) is 8.18. The molecule has 1 aliphatic rings. The first kappa shape index (κ1) is 27.6. The molecule has 1 aliphatic heterocycles. The normalized spacial score (nSPS) is 14.4. The molecule has 204 valence electrons. The zero-order chi connectivity index (χ0) is 28.2. The molecule has 0 aliphatic carbocycles. The summed E-state index contributed by atoms with van der Waals surface area (Å²) in [6.07, 6.45) is 4.76. The minimum atomic E-state index is -0.268. The van der Waals surface area contributed by atoms with Gasteiger partial charge in [0.15, 0.2) is 0 Å². The zero-order valence-electron chi connectivity index (χ0n) is 23.0. The van der Waals surface area contributed by atoms with E-state index in [9.17, 15) is 9.59 Å². The van der Waals surface area contributed by atoms with E-state index in [4.69, 9.17) is 15.2 Å². The molecule has 1 aromatic heterocycles. The second-order valence-corrected chi connectivity index (χ2v) is 10.6. The molecule has 39 heavy (non-hydrogen) atoms. The van der Waals surface area contributed by atoms with E-state index in [0.29, 0.717) is 36.0 Å². The molecule has 4 rings (SSSR count). The predicted molar refractivity (Wildman–Crippen MR) is 152 cm³/mol. The van der Waals surface area contributed by atoms with Gasteiger partial charge in [-0.25, -0.2) is 0 Å². The van der Waals surface area contributed by atoms with Crippen LogP contribution in [0.15, 0.2) is 65.6 Å². The van der Waals surface area contributed by atoms with Crippen LogP contribution in [0.25, 0.3) is 10.9 Å². The average molecular weight is 530 g/mol. The van der Waals surface area contributed by atoms with E-state index in [1.807, 2.05) is 70.2 Å². The Labute approximate surface area is 228 Å². The van der Waals surface area contributed by atoms with Crippen LogP contribution in [0.2, 0.25) is 0 Å². The second kappa shape index (κ2) is 11.6. The van der Waals surface area contributed by atoms with Gasteiger partial charge in [0.05, 0.1) is 36.3 Å². The third kappa shape index (κ3) is 7.34. The number of nitrogens with one attached hydrogen (secondary N) is 1. The Bertz CT molecular complexity index is 1440. The summed E-state index contributed by atoms with van der Waals surface area (Å²) in [5, 5.41) is 3.61. The van der Waals surface area contributed by atoms with Gasteiger partial charge in [-0.3, -0.25) is 19.6 Å². The summed E-state index contributed by atoms with van der Waals surface area (Å²) in [6, 6.07) is 13.1. The molecule has 0 spiro atoms. The van der Waals surface area contributed by atoms with Crippen molar-refractivity contribution < 1.29 is 19.1 Å². The highest BCUT2D eigenvalue weighted by molar-refractivity contribution is 5.89. The van der Waals surface area contributed by atoms with Crippen molar-refractivity contribution >= 4 is 28.9 Å². The number of aryl methyl sites for hydroxylation is 1. The van der Waals surface area contributed by atoms with E-state index in [-0.39, 0.29) is 29.9 Å². The number of likely N-dealkylation sites (tertiary alicyclic amines) is 1. The van der Waals surface area contributed by atoms with E-state index in [1.165, 1.54) is 6.20 Å². The first-order valence-corrected chi connectivity index (χ1v) is 12.9. The van der Waals surface area contributed by atoms with Gasteiger partial charge in [0, 0.05) is 30.9 Å². The Morgan fingerprint density at radius 3 is 2.59 bits per heavy atom. The summed E-state index contributed by atoms with van der Waals surface area (Å²) in [6.45, 7) is 10.6. The van der Waals surface area contributed by atoms with Crippen LogP contribution in [0.4, 0.5) is 0 Å². The monoisotopic (exact) mass is 529 g/mol. The van der Waals surface area contributed by atoms with Gasteiger partial charge in [-0.05, 0) is 69.2 Å². The highest BCUT2D eigenvalue weighted by Crippen LogP contribution is 2.33. The number of ether oxygens (including phenoxy) is 2. The quantitative estimate of drug-likeness (QED) is 0.421. The van der Waals surface area contributed by atoms with Crippen LogP contribution in [-0.4, -0.2) is 52.6 Å². The third-order valence-corrected chi connectivity index (χ3v) is 6.15. The number of hydrogen-bond donors (Lipinski definition) is 2. The van der Waals surface area contributed by atoms with Crippen LogP contribution >= 0.6 is 0 Å². The van der Waals surface area contributed by atoms with Crippen molar-refractivity contribution in [3.63, 3.8) is 0 Å². The summed E-state index contributed by atoms with van der Waals surface area (Å²) in [5.74, 6) is 1.89. The molecule has 0 bridgehead atoms.